The summed E-state index contributed by atoms with van der Waals surface area (Å²) in [6.07, 6.45) is -0.135. The lowest BCUT2D eigenvalue weighted by Crippen LogP contribution is -2.09. The first-order valence-corrected chi connectivity index (χ1v) is 5.41. The minimum atomic E-state index is -0.576. The molecular formula is C11H9BrFNO2. The van der Waals surface area contributed by atoms with E-state index < -0.39 is 11.8 Å². The standard InChI is InChI=1S/C11H9BrFNO2/c1-2-16-11(15)5-7-3-9(12)8(6-14)4-10(7)13/h3-4H,2,5H2,1H3. The van der Waals surface area contributed by atoms with Gasteiger partial charge >= 0.3 is 5.97 Å². The zero-order valence-corrected chi connectivity index (χ0v) is 10.2. The maximum Gasteiger partial charge on any atom is 0.310 e. The molecule has 0 unspecified atom stereocenters. The van der Waals surface area contributed by atoms with Gasteiger partial charge in [0.1, 0.15) is 11.9 Å². The Bertz CT molecular complexity index is 454. The number of benzene rings is 1. The Morgan fingerprint density at radius 1 is 1.62 bits per heavy atom. The third kappa shape index (κ3) is 3.04. The smallest absolute Gasteiger partial charge is 0.310 e. The highest BCUT2D eigenvalue weighted by Crippen LogP contribution is 2.21. The van der Waals surface area contributed by atoms with Crippen LogP contribution >= 0.6 is 15.9 Å². The monoisotopic (exact) mass is 285 g/mol. The Hall–Kier alpha value is -1.41. The number of carbonyl (C=O) groups is 1. The minimum absolute atomic E-state index is 0.135. The van der Waals surface area contributed by atoms with Crippen LogP contribution in [0, 0.1) is 17.1 Å². The minimum Gasteiger partial charge on any atom is -0.466 e. The molecule has 0 amide bonds. The Kier molecular flexibility index (Phi) is 4.44. The van der Waals surface area contributed by atoms with E-state index in [2.05, 4.69) is 15.9 Å². The molecular weight excluding hydrogens is 277 g/mol. The van der Waals surface area contributed by atoms with Gasteiger partial charge in [-0.15, -0.1) is 0 Å². The van der Waals surface area contributed by atoms with E-state index in [1.807, 2.05) is 6.07 Å². The first-order chi connectivity index (χ1) is 7.58. The molecule has 0 N–H and O–H groups in total. The van der Waals surface area contributed by atoms with Gasteiger partial charge in [0.15, 0.2) is 0 Å². The van der Waals surface area contributed by atoms with E-state index in [1.54, 1.807) is 6.92 Å². The van der Waals surface area contributed by atoms with Crippen LogP contribution in [-0.4, -0.2) is 12.6 Å². The number of ether oxygens (including phenoxy) is 1. The molecule has 0 heterocycles. The molecule has 3 nitrogen and oxygen atoms in total. The van der Waals surface area contributed by atoms with Gasteiger partial charge in [-0.1, -0.05) is 0 Å². The van der Waals surface area contributed by atoms with Crippen LogP contribution < -0.4 is 0 Å². The van der Waals surface area contributed by atoms with Gasteiger partial charge < -0.3 is 4.74 Å². The molecule has 5 heteroatoms. The summed E-state index contributed by atoms with van der Waals surface area (Å²) >= 11 is 3.13. The predicted molar refractivity (Wildman–Crippen MR) is 59.2 cm³/mol. The molecule has 1 rings (SSSR count). The number of esters is 1. The zero-order chi connectivity index (χ0) is 12.1. The van der Waals surface area contributed by atoms with Gasteiger partial charge in [0, 0.05) is 10.0 Å². The summed E-state index contributed by atoms with van der Waals surface area (Å²) in [5.41, 5.74) is 0.412. The summed E-state index contributed by atoms with van der Waals surface area (Å²) in [6.45, 7) is 1.95. The molecule has 0 atom stereocenters. The van der Waals surface area contributed by atoms with Crippen molar-refractivity contribution in [3.8, 4) is 6.07 Å². The SMILES string of the molecule is CCOC(=O)Cc1cc(Br)c(C#N)cc1F. The van der Waals surface area contributed by atoms with Gasteiger partial charge in [0.2, 0.25) is 0 Å². The molecule has 84 valence electrons. The van der Waals surface area contributed by atoms with Crippen molar-refractivity contribution in [1.29, 1.82) is 5.26 Å². The number of nitriles is 1. The summed E-state index contributed by atoms with van der Waals surface area (Å²) in [7, 11) is 0. The van der Waals surface area contributed by atoms with Crippen LogP contribution in [0.3, 0.4) is 0 Å². The van der Waals surface area contributed by atoms with Gasteiger partial charge in [-0.3, -0.25) is 4.79 Å². The second-order valence-corrected chi connectivity index (χ2v) is 3.87. The number of nitrogens with zero attached hydrogens (tertiary/aromatic N) is 1. The van der Waals surface area contributed by atoms with E-state index in [9.17, 15) is 9.18 Å². The van der Waals surface area contributed by atoms with Crippen molar-refractivity contribution < 1.29 is 13.9 Å². The molecule has 1 aromatic rings. The van der Waals surface area contributed by atoms with E-state index in [0.29, 0.717) is 4.47 Å². The summed E-state index contributed by atoms with van der Waals surface area (Å²) < 4.78 is 18.6. The van der Waals surface area contributed by atoms with Gasteiger partial charge in [0.25, 0.3) is 0 Å². The van der Waals surface area contributed by atoms with Gasteiger partial charge in [-0.2, -0.15) is 5.26 Å². The summed E-state index contributed by atoms with van der Waals surface area (Å²) in [5, 5.41) is 8.66. The summed E-state index contributed by atoms with van der Waals surface area (Å²) in [6, 6.07) is 4.36. The Labute approximate surface area is 101 Å². The number of hydrogen-bond acceptors (Lipinski definition) is 3. The van der Waals surface area contributed by atoms with Crippen LogP contribution in [0.4, 0.5) is 4.39 Å². The number of hydrogen-bond donors (Lipinski definition) is 0. The van der Waals surface area contributed by atoms with Crippen molar-refractivity contribution in [1.82, 2.24) is 0 Å². The summed E-state index contributed by atoms with van der Waals surface area (Å²) in [4.78, 5) is 11.2. The lowest BCUT2D eigenvalue weighted by molar-refractivity contribution is -0.142. The third-order valence-corrected chi connectivity index (χ3v) is 2.55. The van der Waals surface area contributed by atoms with Gasteiger partial charge in [-0.05, 0) is 35.0 Å². The van der Waals surface area contributed by atoms with Crippen molar-refractivity contribution in [2.75, 3.05) is 6.61 Å². The molecule has 0 radical (unpaired) electrons. The second-order valence-electron chi connectivity index (χ2n) is 3.02. The predicted octanol–water partition coefficient (Wildman–Crippen LogP) is 2.57. The first kappa shape index (κ1) is 12.7. The highest BCUT2D eigenvalue weighted by molar-refractivity contribution is 9.10. The first-order valence-electron chi connectivity index (χ1n) is 4.62. The molecule has 0 aliphatic heterocycles. The van der Waals surface area contributed by atoms with E-state index in [-0.39, 0.29) is 24.2 Å². The zero-order valence-electron chi connectivity index (χ0n) is 8.59. The number of halogens is 2. The molecule has 0 aliphatic rings. The van der Waals surface area contributed by atoms with E-state index in [0.717, 1.165) is 6.07 Å². The Balaban J connectivity index is 2.95. The van der Waals surface area contributed by atoms with E-state index in [1.165, 1.54) is 6.07 Å². The van der Waals surface area contributed by atoms with Crippen molar-refractivity contribution in [2.45, 2.75) is 13.3 Å². The fourth-order valence-electron chi connectivity index (χ4n) is 1.18. The fourth-order valence-corrected chi connectivity index (χ4v) is 1.66. The van der Waals surface area contributed by atoms with Gasteiger partial charge in [0.05, 0.1) is 18.6 Å². The maximum absolute atomic E-state index is 13.4. The normalized spacial score (nSPS) is 9.62. The molecule has 0 bridgehead atoms. The Morgan fingerprint density at radius 3 is 2.88 bits per heavy atom. The lowest BCUT2D eigenvalue weighted by atomic mass is 10.1. The molecule has 0 saturated carbocycles. The van der Waals surface area contributed by atoms with E-state index >= 15 is 0 Å². The lowest BCUT2D eigenvalue weighted by Gasteiger charge is -2.05. The fraction of sp³-hybridized carbons (Fsp3) is 0.273. The molecule has 0 saturated heterocycles. The van der Waals surface area contributed by atoms with Crippen LogP contribution in [0.5, 0.6) is 0 Å². The highest BCUT2D eigenvalue weighted by atomic mass is 79.9. The molecule has 16 heavy (non-hydrogen) atoms. The number of carbonyl (C=O) groups excluding carboxylic acids is 1. The van der Waals surface area contributed by atoms with Crippen LogP contribution in [0.2, 0.25) is 0 Å². The van der Waals surface area contributed by atoms with Crippen molar-refractivity contribution in [3.63, 3.8) is 0 Å². The third-order valence-electron chi connectivity index (χ3n) is 1.90. The molecule has 0 fully saturated rings. The van der Waals surface area contributed by atoms with E-state index in [4.69, 9.17) is 10.00 Å². The summed E-state index contributed by atoms with van der Waals surface area (Å²) in [5.74, 6) is -1.06. The average molecular weight is 286 g/mol. The van der Waals surface area contributed by atoms with Gasteiger partial charge in [-0.25, -0.2) is 4.39 Å². The quantitative estimate of drug-likeness (QED) is 0.802. The molecule has 1 aromatic carbocycles. The number of rotatable bonds is 3. The van der Waals surface area contributed by atoms with Crippen molar-refractivity contribution >= 4 is 21.9 Å². The molecule has 0 aliphatic carbocycles. The average Bonchev–Trinajstić information content (AvgIpc) is 2.23. The van der Waals surface area contributed by atoms with Crippen molar-refractivity contribution in [3.05, 3.63) is 33.5 Å². The van der Waals surface area contributed by atoms with Crippen LogP contribution in [0.25, 0.3) is 0 Å². The largest absolute Gasteiger partial charge is 0.466 e. The van der Waals surface area contributed by atoms with Crippen LogP contribution in [0.1, 0.15) is 18.1 Å². The molecule has 0 spiro atoms. The van der Waals surface area contributed by atoms with Crippen molar-refractivity contribution in [2.24, 2.45) is 0 Å². The Morgan fingerprint density at radius 2 is 2.31 bits per heavy atom. The topological polar surface area (TPSA) is 50.1 Å². The van der Waals surface area contributed by atoms with Crippen LogP contribution in [0.15, 0.2) is 16.6 Å². The molecule has 0 aromatic heterocycles. The van der Waals surface area contributed by atoms with Crippen LogP contribution in [-0.2, 0) is 16.0 Å². The highest BCUT2D eigenvalue weighted by Gasteiger charge is 2.12. The maximum atomic E-state index is 13.4. The second kappa shape index (κ2) is 5.61.